The maximum atomic E-state index is 12.6. The van der Waals surface area contributed by atoms with Gasteiger partial charge in [-0.2, -0.15) is 18.3 Å². The molecule has 12 heteroatoms. The topological polar surface area (TPSA) is 103 Å². The standard InChI is InChI=1S/C20H19F3N8O/c1-11-13(9-30(2)29-11)18(32)28-17-7-15-12(8-25-17)6-16(31(15)3)14-4-5-24-19(27-14)26-10-20(21,22)23/h4-9H,10H2,1-3H3,(H,24,26,27)(H,25,28,32). The van der Waals surface area contributed by atoms with E-state index in [1.165, 1.54) is 6.20 Å². The minimum Gasteiger partial charge on any atom is -0.345 e. The molecule has 9 nitrogen and oxygen atoms in total. The number of nitrogens with zero attached hydrogens (tertiary/aromatic N) is 6. The maximum Gasteiger partial charge on any atom is 0.405 e. The lowest BCUT2D eigenvalue weighted by Crippen LogP contribution is -2.22. The number of carbonyl (C=O) groups excluding carboxylic acids is 1. The molecule has 2 N–H and O–H groups in total. The van der Waals surface area contributed by atoms with E-state index >= 15 is 0 Å². The minimum atomic E-state index is -4.38. The summed E-state index contributed by atoms with van der Waals surface area (Å²) in [5.41, 5.74) is 2.91. The van der Waals surface area contributed by atoms with Crippen LogP contribution in [0.15, 0.2) is 36.8 Å². The van der Waals surface area contributed by atoms with Crippen LogP contribution in [0.25, 0.3) is 22.3 Å². The number of carbonyl (C=O) groups is 1. The Hall–Kier alpha value is -3.96. The number of hydrogen-bond acceptors (Lipinski definition) is 6. The number of alkyl halides is 3. The second kappa shape index (κ2) is 7.94. The zero-order chi connectivity index (χ0) is 23.0. The van der Waals surface area contributed by atoms with Gasteiger partial charge in [0.2, 0.25) is 5.95 Å². The highest BCUT2D eigenvalue weighted by molar-refractivity contribution is 6.05. The van der Waals surface area contributed by atoms with Crippen LogP contribution in [-0.4, -0.2) is 47.9 Å². The third-order valence-electron chi connectivity index (χ3n) is 4.79. The molecule has 0 aliphatic carbocycles. The van der Waals surface area contributed by atoms with Crippen molar-refractivity contribution in [2.75, 3.05) is 17.2 Å². The van der Waals surface area contributed by atoms with E-state index in [1.807, 2.05) is 10.6 Å². The molecule has 4 aromatic rings. The van der Waals surface area contributed by atoms with Gasteiger partial charge in [0.1, 0.15) is 12.4 Å². The molecule has 4 rings (SSSR count). The Bertz CT molecular complexity index is 1310. The summed E-state index contributed by atoms with van der Waals surface area (Å²) in [7, 11) is 3.52. The van der Waals surface area contributed by atoms with Crippen molar-refractivity contribution in [2.45, 2.75) is 13.1 Å². The third-order valence-corrected chi connectivity index (χ3v) is 4.79. The molecular weight excluding hydrogens is 425 g/mol. The number of pyridine rings is 1. The molecule has 0 aromatic carbocycles. The molecule has 166 valence electrons. The van der Waals surface area contributed by atoms with Crippen molar-refractivity contribution >= 4 is 28.6 Å². The Labute approximate surface area is 180 Å². The fourth-order valence-corrected chi connectivity index (χ4v) is 3.32. The Balaban J connectivity index is 1.61. The van der Waals surface area contributed by atoms with Crippen LogP contribution in [0.1, 0.15) is 16.1 Å². The number of aromatic nitrogens is 6. The number of anilines is 2. The van der Waals surface area contributed by atoms with Crippen molar-refractivity contribution in [1.29, 1.82) is 0 Å². The molecule has 0 saturated carbocycles. The van der Waals surface area contributed by atoms with Gasteiger partial charge in [-0.15, -0.1) is 0 Å². The van der Waals surface area contributed by atoms with Gasteiger partial charge in [-0.3, -0.25) is 9.48 Å². The molecule has 4 heterocycles. The van der Waals surface area contributed by atoms with Gasteiger partial charge >= 0.3 is 6.18 Å². The molecular formula is C20H19F3N8O. The lowest BCUT2D eigenvalue weighted by Gasteiger charge is -2.09. The lowest BCUT2D eigenvalue weighted by atomic mass is 10.2. The predicted molar refractivity (Wildman–Crippen MR) is 112 cm³/mol. The summed E-state index contributed by atoms with van der Waals surface area (Å²) in [6.45, 7) is 0.517. The summed E-state index contributed by atoms with van der Waals surface area (Å²) >= 11 is 0. The zero-order valence-corrected chi connectivity index (χ0v) is 17.4. The van der Waals surface area contributed by atoms with Crippen molar-refractivity contribution in [3.63, 3.8) is 0 Å². The maximum absolute atomic E-state index is 12.6. The average Bonchev–Trinajstić information content (AvgIpc) is 3.25. The van der Waals surface area contributed by atoms with E-state index in [2.05, 4.69) is 30.7 Å². The summed E-state index contributed by atoms with van der Waals surface area (Å²) in [5.74, 6) is -0.0928. The molecule has 0 fully saturated rings. The fourth-order valence-electron chi connectivity index (χ4n) is 3.32. The molecule has 0 spiro atoms. The highest BCUT2D eigenvalue weighted by Gasteiger charge is 2.27. The van der Waals surface area contributed by atoms with Crippen molar-refractivity contribution < 1.29 is 18.0 Å². The van der Waals surface area contributed by atoms with Crippen LogP contribution < -0.4 is 10.6 Å². The molecule has 0 saturated heterocycles. The fraction of sp³-hybridized carbons (Fsp3) is 0.250. The van der Waals surface area contributed by atoms with Gasteiger partial charge in [0, 0.05) is 44.1 Å². The van der Waals surface area contributed by atoms with Gasteiger partial charge in [0.15, 0.2) is 0 Å². The van der Waals surface area contributed by atoms with E-state index in [-0.39, 0.29) is 11.9 Å². The summed E-state index contributed by atoms with van der Waals surface area (Å²) in [6, 6.07) is 5.13. The smallest absolute Gasteiger partial charge is 0.345 e. The first-order chi connectivity index (χ1) is 15.1. The monoisotopic (exact) mass is 444 g/mol. The first-order valence-corrected chi connectivity index (χ1v) is 9.52. The normalized spacial score (nSPS) is 11.7. The summed E-state index contributed by atoms with van der Waals surface area (Å²) in [4.78, 5) is 24.9. The molecule has 4 aromatic heterocycles. The predicted octanol–water partition coefficient (Wildman–Crippen LogP) is 3.30. The summed E-state index contributed by atoms with van der Waals surface area (Å²) in [5, 5.41) is 9.88. The number of fused-ring (bicyclic) bond motifs is 1. The van der Waals surface area contributed by atoms with Crippen molar-refractivity contribution in [3.05, 3.63) is 48.0 Å². The van der Waals surface area contributed by atoms with E-state index in [0.29, 0.717) is 28.5 Å². The molecule has 1 amide bonds. The third kappa shape index (κ3) is 4.38. The van der Waals surface area contributed by atoms with Gasteiger partial charge in [-0.05, 0) is 19.1 Å². The van der Waals surface area contributed by atoms with Crippen LogP contribution in [0.3, 0.4) is 0 Å². The molecule has 0 aliphatic heterocycles. The molecule has 0 aliphatic rings. The number of rotatable bonds is 5. The first-order valence-electron chi connectivity index (χ1n) is 9.52. The van der Waals surface area contributed by atoms with Crippen molar-refractivity contribution in [1.82, 2.24) is 29.3 Å². The van der Waals surface area contributed by atoms with Crippen molar-refractivity contribution in [2.24, 2.45) is 14.1 Å². The van der Waals surface area contributed by atoms with Crippen LogP contribution in [0.4, 0.5) is 24.9 Å². The van der Waals surface area contributed by atoms with Crippen molar-refractivity contribution in [3.8, 4) is 11.4 Å². The largest absolute Gasteiger partial charge is 0.405 e. The number of aryl methyl sites for hydroxylation is 3. The highest BCUT2D eigenvalue weighted by Crippen LogP contribution is 2.27. The van der Waals surface area contributed by atoms with Gasteiger partial charge in [-0.25, -0.2) is 15.0 Å². The Morgan fingerprint density at radius 1 is 1.19 bits per heavy atom. The Morgan fingerprint density at radius 2 is 1.97 bits per heavy atom. The van der Waals surface area contributed by atoms with Crippen LogP contribution in [-0.2, 0) is 14.1 Å². The minimum absolute atomic E-state index is 0.122. The van der Waals surface area contributed by atoms with Gasteiger partial charge in [-0.1, -0.05) is 0 Å². The highest BCUT2D eigenvalue weighted by atomic mass is 19.4. The number of halogens is 3. The van der Waals surface area contributed by atoms with Crippen LogP contribution in [0.2, 0.25) is 0 Å². The Morgan fingerprint density at radius 3 is 2.66 bits per heavy atom. The number of nitrogens with one attached hydrogen (secondary N) is 2. The van der Waals surface area contributed by atoms with E-state index in [4.69, 9.17) is 0 Å². The van der Waals surface area contributed by atoms with E-state index in [0.717, 1.165) is 10.9 Å². The van der Waals surface area contributed by atoms with E-state index in [9.17, 15) is 18.0 Å². The summed E-state index contributed by atoms with van der Waals surface area (Å²) < 4.78 is 40.8. The first kappa shape index (κ1) is 21.3. The van der Waals surface area contributed by atoms with Crippen LogP contribution in [0.5, 0.6) is 0 Å². The lowest BCUT2D eigenvalue weighted by molar-refractivity contribution is -0.115. The molecule has 32 heavy (non-hydrogen) atoms. The van der Waals surface area contributed by atoms with Crippen LogP contribution in [0, 0.1) is 6.92 Å². The Kier molecular flexibility index (Phi) is 5.28. The SMILES string of the molecule is Cc1nn(C)cc1C(=O)Nc1cc2c(cn1)cc(-c1ccnc(NCC(F)(F)F)n1)n2C. The quantitative estimate of drug-likeness (QED) is 0.490. The summed E-state index contributed by atoms with van der Waals surface area (Å²) in [6.07, 6.45) is 0.247. The second-order valence-electron chi connectivity index (χ2n) is 7.21. The van der Waals surface area contributed by atoms with Crippen LogP contribution >= 0.6 is 0 Å². The average molecular weight is 444 g/mol. The number of amides is 1. The molecule has 0 bridgehead atoms. The molecule has 0 radical (unpaired) electrons. The second-order valence-corrected chi connectivity index (χ2v) is 7.21. The van der Waals surface area contributed by atoms with E-state index < -0.39 is 12.7 Å². The van der Waals surface area contributed by atoms with Gasteiger partial charge < -0.3 is 15.2 Å². The zero-order valence-electron chi connectivity index (χ0n) is 17.4. The van der Waals surface area contributed by atoms with Gasteiger partial charge in [0.05, 0.1) is 28.2 Å². The molecule has 0 atom stereocenters. The number of hydrogen-bond donors (Lipinski definition) is 2. The van der Waals surface area contributed by atoms with Gasteiger partial charge in [0.25, 0.3) is 5.91 Å². The van der Waals surface area contributed by atoms with E-state index in [1.54, 1.807) is 50.2 Å². The molecule has 0 unspecified atom stereocenters.